The van der Waals surface area contributed by atoms with Crippen molar-refractivity contribution in [3.63, 3.8) is 0 Å². The summed E-state index contributed by atoms with van der Waals surface area (Å²) >= 11 is 0. The van der Waals surface area contributed by atoms with Gasteiger partial charge in [-0.15, -0.1) is 0 Å². The molecule has 0 spiro atoms. The molecular formula is C21H34O7. The zero-order chi connectivity index (χ0) is 22.0. The van der Waals surface area contributed by atoms with Gasteiger partial charge in [0.2, 0.25) is 0 Å². The van der Waals surface area contributed by atoms with E-state index in [9.17, 15) is 19.5 Å². The molecule has 0 amide bonds. The van der Waals surface area contributed by atoms with E-state index in [1.54, 1.807) is 13.8 Å². The lowest BCUT2D eigenvalue weighted by molar-refractivity contribution is -0.168. The van der Waals surface area contributed by atoms with Gasteiger partial charge >= 0.3 is 17.9 Å². The van der Waals surface area contributed by atoms with Crippen LogP contribution in [0.4, 0.5) is 0 Å². The summed E-state index contributed by atoms with van der Waals surface area (Å²) in [5.41, 5.74) is -1.94. The molecule has 0 aliphatic heterocycles. The van der Waals surface area contributed by atoms with Crippen LogP contribution in [-0.4, -0.2) is 49.4 Å². The third kappa shape index (κ3) is 9.69. The van der Waals surface area contributed by atoms with Crippen molar-refractivity contribution in [1.82, 2.24) is 0 Å². The van der Waals surface area contributed by atoms with Crippen LogP contribution in [0.3, 0.4) is 0 Å². The van der Waals surface area contributed by atoms with Gasteiger partial charge in [-0.1, -0.05) is 33.9 Å². The van der Waals surface area contributed by atoms with E-state index in [0.717, 1.165) is 18.6 Å². The highest BCUT2D eigenvalue weighted by Crippen LogP contribution is 2.32. The predicted octanol–water partition coefficient (Wildman–Crippen LogP) is 2.82. The molecule has 0 aromatic heterocycles. The van der Waals surface area contributed by atoms with Crippen LogP contribution in [0.1, 0.15) is 47.5 Å². The van der Waals surface area contributed by atoms with Gasteiger partial charge in [-0.3, -0.25) is 4.79 Å². The van der Waals surface area contributed by atoms with Crippen LogP contribution in [0.5, 0.6) is 0 Å². The van der Waals surface area contributed by atoms with E-state index < -0.39 is 35.3 Å². The maximum absolute atomic E-state index is 12.6. The predicted molar refractivity (Wildman–Crippen MR) is 105 cm³/mol. The second kappa shape index (κ2) is 11.0. The van der Waals surface area contributed by atoms with Crippen molar-refractivity contribution >= 4 is 17.9 Å². The fourth-order valence-electron chi connectivity index (χ4n) is 2.03. The van der Waals surface area contributed by atoms with Gasteiger partial charge < -0.3 is 19.3 Å². The number of rotatable bonds is 12. The minimum Gasteiger partial charge on any atom is -0.464 e. The van der Waals surface area contributed by atoms with E-state index >= 15 is 0 Å². The summed E-state index contributed by atoms with van der Waals surface area (Å²) < 4.78 is 15.4. The second-order valence-corrected chi connectivity index (χ2v) is 8.80. The highest BCUT2D eigenvalue weighted by atomic mass is 16.6. The Kier molecular flexibility index (Phi) is 10.2. The van der Waals surface area contributed by atoms with E-state index in [0.29, 0.717) is 6.42 Å². The molecule has 1 N–H and O–H groups in total. The largest absolute Gasteiger partial charge is 0.464 e. The van der Waals surface area contributed by atoms with E-state index in [4.69, 9.17) is 14.2 Å². The standard InChI is InChI=1S/C21H34O7/c1-8-16(23)26-13-21(12-22,14-27-17(24)9-2)15-28-18(25)20(6,7)11-10-19(3,4)5/h8-9,22H,1-2,10-15H2,3-7H3. The van der Waals surface area contributed by atoms with Crippen molar-refractivity contribution in [3.8, 4) is 0 Å². The van der Waals surface area contributed by atoms with Crippen LogP contribution in [-0.2, 0) is 28.6 Å². The number of carbonyl (C=O) groups excluding carboxylic acids is 3. The normalized spacial score (nSPS) is 12.1. The van der Waals surface area contributed by atoms with E-state index in [2.05, 4.69) is 33.9 Å². The van der Waals surface area contributed by atoms with Gasteiger partial charge in [-0.25, -0.2) is 9.59 Å². The molecule has 0 aromatic carbocycles. The molecule has 0 aliphatic rings. The molecule has 0 radical (unpaired) electrons. The van der Waals surface area contributed by atoms with Crippen molar-refractivity contribution in [2.75, 3.05) is 26.4 Å². The molecule has 0 bridgehead atoms. The zero-order valence-electron chi connectivity index (χ0n) is 17.7. The molecule has 0 fully saturated rings. The summed E-state index contributed by atoms with van der Waals surface area (Å²) in [6.45, 7) is 15.0. The first-order valence-corrected chi connectivity index (χ1v) is 9.17. The molecule has 0 aromatic rings. The summed E-state index contributed by atoms with van der Waals surface area (Å²) in [5.74, 6) is -1.85. The van der Waals surface area contributed by atoms with Crippen LogP contribution in [0, 0.1) is 16.2 Å². The van der Waals surface area contributed by atoms with Crippen molar-refractivity contribution < 1.29 is 33.7 Å². The van der Waals surface area contributed by atoms with Crippen LogP contribution in [0.25, 0.3) is 0 Å². The quantitative estimate of drug-likeness (QED) is 0.306. The maximum Gasteiger partial charge on any atom is 0.330 e. The molecule has 0 saturated heterocycles. The highest BCUT2D eigenvalue weighted by Gasteiger charge is 2.38. The zero-order valence-corrected chi connectivity index (χ0v) is 17.7. The Balaban J connectivity index is 5.15. The van der Waals surface area contributed by atoms with Crippen molar-refractivity contribution in [3.05, 3.63) is 25.3 Å². The van der Waals surface area contributed by atoms with Gasteiger partial charge in [0.15, 0.2) is 0 Å². The summed E-state index contributed by atoms with van der Waals surface area (Å²) in [4.78, 5) is 35.4. The number of aliphatic hydroxyl groups excluding tert-OH is 1. The Bertz CT molecular complexity index is 546. The Morgan fingerprint density at radius 2 is 1.25 bits per heavy atom. The summed E-state index contributed by atoms with van der Waals surface area (Å²) in [7, 11) is 0. The molecule has 0 unspecified atom stereocenters. The second-order valence-electron chi connectivity index (χ2n) is 8.80. The average molecular weight is 398 g/mol. The smallest absolute Gasteiger partial charge is 0.330 e. The van der Waals surface area contributed by atoms with Gasteiger partial charge in [0.1, 0.15) is 19.8 Å². The number of hydrogen-bond acceptors (Lipinski definition) is 7. The first kappa shape index (κ1) is 25.9. The van der Waals surface area contributed by atoms with Crippen molar-refractivity contribution in [2.24, 2.45) is 16.2 Å². The minimum absolute atomic E-state index is 0.0736. The number of carbonyl (C=O) groups is 3. The Labute approximate surface area is 167 Å². The molecular weight excluding hydrogens is 364 g/mol. The fourth-order valence-corrected chi connectivity index (χ4v) is 2.03. The van der Waals surface area contributed by atoms with Gasteiger partial charge in [-0.2, -0.15) is 0 Å². The first-order valence-electron chi connectivity index (χ1n) is 9.17. The van der Waals surface area contributed by atoms with E-state index in [-0.39, 0.29) is 25.2 Å². The van der Waals surface area contributed by atoms with Gasteiger partial charge in [0, 0.05) is 12.2 Å². The first-order chi connectivity index (χ1) is 12.8. The molecule has 0 atom stereocenters. The van der Waals surface area contributed by atoms with Crippen LogP contribution in [0.15, 0.2) is 25.3 Å². The SMILES string of the molecule is C=CC(=O)OCC(CO)(COC(=O)C=C)COC(=O)C(C)(C)CCC(C)(C)C. The third-order valence-electron chi connectivity index (χ3n) is 4.27. The van der Waals surface area contributed by atoms with Gasteiger partial charge in [0.25, 0.3) is 0 Å². The van der Waals surface area contributed by atoms with Crippen LogP contribution >= 0.6 is 0 Å². The lowest BCUT2D eigenvalue weighted by atomic mass is 9.80. The monoisotopic (exact) mass is 398 g/mol. The number of esters is 3. The Hall–Kier alpha value is -2.15. The van der Waals surface area contributed by atoms with Gasteiger partial charge in [-0.05, 0) is 32.1 Å². The Morgan fingerprint density at radius 1 is 0.821 bits per heavy atom. The maximum atomic E-state index is 12.6. The topological polar surface area (TPSA) is 99.1 Å². The molecule has 0 heterocycles. The van der Waals surface area contributed by atoms with E-state index in [1.165, 1.54) is 0 Å². The lowest BCUT2D eigenvalue weighted by Gasteiger charge is -2.32. The van der Waals surface area contributed by atoms with Crippen molar-refractivity contribution in [1.29, 1.82) is 0 Å². The molecule has 160 valence electrons. The van der Waals surface area contributed by atoms with Crippen LogP contribution < -0.4 is 0 Å². The van der Waals surface area contributed by atoms with E-state index in [1.807, 2.05) is 0 Å². The van der Waals surface area contributed by atoms with Crippen molar-refractivity contribution in [2.45, 2.75) is 47.5 Å². The molecule has 0 saturated carbocycles. The number of ether oxygens (including phenoxy) is 3. The number of hydrogen-bond donors (Lipinski definition) is 1. The third-order valence-corrected chi connectivity index (χ3v) is 4.27. The fraction of sp³-hybridized carbons (Fsp3) is 0.667. The lowest BCUT2D eigenvalue weighted by Crippen LogP contribution is -2.43. The Morgan fingerprint density at radius 3 is 1.61 bits per heavy atom. The molecule has 0 rings (SSSR count). The van der Waals surface area contributed by atoms with Gasteiger partial charge in [0.05, 0.1) is 17.4 Å². The molecule has 7 heteroatoms. The summed E-state index contributed by atoms with van der Waals surface area (Å²) in [6.07, 6.45) is 3.39. The molecule has 0 aliphatic carbocycles. The molecule has 7 nitrogen and oxygen atoms in total. The summed E-state index contributed by atoms with van der Waals surface area (Å²) in [5, 5.41) is 9.85. The average Bonchev–Trinajstić information content (AvgIpc) is 2.64. The van der Waals surface area contributed by atoms with Crippen LogP contribution in [0.2, 0.25) is 0 Å². The minimum atomic E-state index is -1.28. The number of aliphatic hydroxyl groups is 1. The molecule has 28 heavy (non-hydrogen) atoms. The highest BCUT2D eigenvalue weighted by molar-refractivity contribution is 5.81. The summed E-state index contributed by atoms with van der Waals surface area (Å²) in [6, 6.07) is 0.